The van der Waals surface area contributed by atoms with Gasteiger partial charge in [-0.3, -0.25) is 9.59 Å². The molecule has 2 aromatic rings. The lowest BCUT2D eigenvalue weighted by Crippen LogP contribution is -2.43. The fourth-order valence-corrected chi connectivity index (χ4v) is 5.02. The first-order valence-corrected chi connectivity index (χ1v) is 12.6. The van der Waals surface area contributed by atoms with E-state index in [2.05, 4.69) is 36.1 Å². The Hall–Kier alpha value is -1.87. The van der Waals surface area contributed by atoms with Crippen molar-refractivity contribution in [2.24, 2.45) is 11.8 Å². The molecule has 0 saturated carbocycles. The van der Waals surface area contributed by atoms with Crippen LogP contribution in [-0.4, -0.2) is 39.8 Å². The molecule has 0 aliphatic carbocycles. The smallest absolute Gasteiger partial charge is 0.229 e. The molecule has 0 bridgehead atoms. The maximum atomic E-state index is 12.6. The van der Waals surface area contributed by atoms with E-state index in [9.17, 15) is 9.59 Å². The average Bonchev–Trinajstić information content (AvgIpc) is 3.40. The van der Waals surface area contributed by atoms with Crippen molar-refractivity contribution < 1.29 is 14.0 Å². The third-order valence-corrected chi connectivity index (χ3v) is 7.65. The number of thioether (sulfide) groups is 1. The molecule has 7 nitrogen and oxygen atoms in total. The topological polar surface area (TPSA) is 88.3 Å². The Bertz CT molecular complexity index is 895. The van der Waals surface area contributed by atoms with Gasteiger partial charge < -0.3 is 14.6 Å². The number of hydrogen-bond acceptors (Lipinski definition) is 7. The fourth-order valence-electron chi connectivity index (χ4n) is 3.30. The summed E-state index contributed by atoms with van der Waals surface area (Å²) in [5, 5.41) is 3.55. The molecular weight excluding hydrogens is 432 g/mol. The number of nitrogens with zero attached hydrogens (tertiary/aromatic N) is 3. The third-order valence-electron chi connectivity index (χ3n) is 5.56. The van der Waals surface area contributed by atoms with Crippen LogP contribution in [-0.2, 0) is 20.8 Å². The molecule has 1 atom stereocenters. The van der Waals surface area contributed by atoms with Crippen molar-refractivity contribution in [3.8, 4) is 0 Å². The highest BCUT2D eigenvalue weighted by Gasteiger charge is 2.29. The molecule has 1 aliphatic heterocycles. The Morgan fingerprint density at radius 2 is 2.00 bits per heavy atom. The van der Waals surface area contributed by atoms with E-state index < -0.39 is 0 Å². The van der Waals surface area contributed by atoms with E-state index in [1.807, 2.05) is 18.7 Å². The summed E-state index contributed by atoms with van der Waals surface area (Å²) in [6, 6.07) is 0. The lowest BCUT2D eigenvalue weighted by molar-refractivity contribution is -0.138. The molecule has 9 heteroatoms. The van der Waals surface area contributed by atoms with Gasteiger partial charge in [-0.2, -0.15) is 0 Å². The quantitative estimate of drug-likeness (QED) is 0.584. The monoisotopic (exact) mass is 464 g/mol. The van der Waals surface area contributed by atoms with E-state index in [0.717, 1.165) is 16.4 Å². The zero-order chi connectivity index (χ0) is 22.6. The molecule has 1 N–H and O–H groups in total. The Morgan fingerprint density at radius 3 is 2.61 bits per heavy atom. The number of anilines is 1. The lowest BCUT2D eigenvalue weighted by atomic mass is 9.94. The van der Waals surface area contributed by atoms with Crippen LogP contribution >= 0.6 is 23.1 Å². The van der Waals surface area contributed by atoms with Gasteiger partial charge in [0.15, 0.2) is 5.13 Å². The van der Waals surface area contributed by atoms with Gasteiger partial charge in [0.1, 0.15) is 5.76 Å². The third kappa shape index (κ3) is 6.32. The zero-order valence-corrected chi connectivity index (χ0v) is 20.6. The maximum absolute atomic E-state index is 12.6. The summed E-state index contributed by atoms with van der Waals surface area (Å²) < 4.78 is 6.82. The minimum atomic E-state index is -0.0795. The second kappa shape index (κ2) is 10.2. The van der Waals surface area contributed by atoms with Crippen molar-refractivity contribution in [1.82, 2.24) is 14.9 Å². The molecule has 3 rings (SSSR count). The van der Waals surface area contributed by atoms with Crippen LogP contribution < -0.4 is 5.32 Å². The number of carbonyl (C=O) groups is 2. The molecule has 0 radical (unpaired) electrons. The normalized spacial score (nSPS) is 16.4. The number of rotatable bonds is 7. The van der Waals surface area contributed by atoms with Crippen molar-refractivity contribution in [3.05, 3.63) is 24.0 Å². The van der Waals surface area contributed by atoms with Gasteiger partial charge in [-0.05, 0) is 19.3 Å². The Labute approximate surface area is 192 Å². The molecule has 31 heavy (non-hydrogen) atoms. The summed E-state index contributed by atoms with van der Waals surface area (Å²) in [5.41, 5.74) is -0.0600. The van der Waals surface area contributed by atoms with Crippen LogP contribution in [0.2, 0.25) is 0 Å². The molecule has 1 fully saturated rings. The zero-order valence-electron chi connectivity index (χ0n) is 18.9. The van der Waals surface area contributed by atoms with E-state index in [-0.39, 0.29) is 29.1 Å². The Balaban J connectivity index is 1.46. The summed E-state index contributed by atoms with van der Waals surface area (Å²) >= 11 is 3.05. The van der Waals surface area contributed by atoms with Gasteiger partial charge in [0, 0.05) is 30.3 Å². The second-order valence-electron chi connectivity index (χ2n) is 9.04. The number of oxazole rings is 1. The van der Waals surface area contributed by atoms with Crippen molar-refractivity contribution in [2.45, 2.75) is 69.3 Å². The minimum absolute atomic E-state index is 0.0101. The van der Waals surface area contributed by atoms with Gasteiger partial charge in [0.25, 0.3) is 0 Å². The Morgan fingerprint density at radius 1 is 1.29 bits per heavy atom. The second-order valence-corrected chi connectivity index (χ2v) is 11.3. The summed E-state index contributed by atoms with van der Waals surface area (Å²) in [6.45, 7) is 11.6. The number of nitrogens with one attached hydrogen (secondary N) is 1. The van der Waals surface area contributed by atoms with Crippen LogP contribution in [0.3, 0.4) is 0 Å². The first-order valence-electron chi connectivity index (χ1n) is 10.8. The van der Waals surface area contributed by atoms with Gasteiger partial charge in [-0.15, -0.1) is 11.8 Å². The van der Waals surface area contributed by atoms with Crippen LogP contribution in [0.4, 0.5) is 5.13 Å². The van der Waals surface area contributed by atoms with E-state index in [1.54, 1.807) is 24.2 Å². The van der Waals surface area contributed by atoms with Gasteiger partial charge >= 0.3 is 0 Å². The summed E-state index contributed by atoms with van der Waals surface area (Å²) in [6.07, 6.45) is 5.79. The highest BCUT2D eigenvalue weighted by molar-refractivity contribution is 8.00. The first-order chi connectivity index (χ1) is 14.7. The van der Waals surface area contributed by atoms with E-state index in [4.69, 9.17) is 4.42 Å². The van der Waals surface area contributed by atoms with E-state index in [0.29, 0.717) is 42.7 Å². The van der Waals surface area contributed by atoms with Crippen LogP contribution in [0.5, 0.6) is 0 Å². The van der Waals surface area contributed by atoms with Gasteiger partial charge in [-0.25, -0.2) is 9.97 Å². The summed E-state index contributed by atoms with van der Waals surface area (Å²) in [7, 11) is 0. The van der Waals surface area contributed by atoms with Gasteiger partial charge in [0.05, 0.1) is 22.4 Å². The van der Waals surface area contributed by atoms with Crippen LogP contribution in [0.25, 0.3) is 0 Å². The predicted octanol–water partition coefficient (Wildman–Crippen LogP) is 4.94. The highest BCUT2D eigenvalue weighted by atomic mass is 32.2. The highest BCUT2D eigenvalue weighted by Crippen LogP contribution is 2.32. The molecule has 2 aromatic heterocycles. The SMILES string of the molecule is CCC(C)C(=O)N1CCC(C(=O)Nc2ncc(SCc3ncc(C(C)(C)C)o3)s2)CC1. The van der Waals surface area contributed by atoms with Crippen LogP contribution in [0.1, 0.15) is 65.5 Å². The average molecular weight is 465 g/mol. The molecular formula is C22H32N4O3S2. The van der Waals surface area contributed by atoms with Crippen molar-refractivity contribution in [2.75, 3.05) is 18.4 Å². The number of aromatic nitrogens is 2. The van der Waals surface area contributed by atoms with Crippen LogP contribution in [0, 0.1) is 11.8 Å². The number of hydrogen-bond donors (Lipinski definition) is 1. The number of carbonyl (C=O) groups excluding carboxylic acids is 2. The molecule has 1 aliphatic rings. The first kappa shape index (κ1) is 23.8. The maximum Gasteiger partial charge on any atom is 0.229 e. The van der Waals surface area contributed by atoms with Gasteiger partial charge in [-0.1, -0.05) is 46.0 Å². The number of piperidine rings is 1. The van der Waals surface area contributed by atoms with Gasteiger partial charge in [0.2, 0.25) is 17.7 Å². The standard InChI is InChI=1S/C22H32N4O3S2/c1-6-14(2)20(28)26-9-7-15(8-10-26)19(27)25-21-24-12-18(31-21)30-13-17-23-11-16(29-17)22(3,4)5/h11-12,14-15H,6-10,13H2,1-5H3,(H,24,25,27). The lowest BCUT2D eigenvalue weighted by Gasteiger charge is -2.32. The molecule has 1 unspecified atom stereocenters. The van der Waals surface area contributed by atoms with Crippen LogP contribution in [0.15, 0.2) is 21.0 Å². The molecule has 170 valence electrons. The van der Waals surface area contributed by atoms with Crippen molar-refractivity contribution in [3.63, 3.8) is 0 Å². The Kier molecular flexibility index (Phi) is 7.80. The fraction of sp³-hybridized carbons (Fsp3) is 0.636. The van der Waals surface area contributed by atoms with E-state index >= 15 is 0 Å². The summed E-state index contributed by atoms with van der Waals surface area (Å²) in [4.78, 5) is 35.5. The van der Waals surface area contributed by atoms with Crippen molar-refractivity contribution in [1.29, 1.82) is 0 Å². The van der Waals surface area contributed by atoms with Crippen molar-refractivity contribution >= 4 is 40.0 Å². The molecule has 0 spiro atoms. The van der Waals surface area contributed by atoms with E-state index in [1.165, 1.54) is 11.3 Å². The predicted molar refractivity (Wildman–Crippen MR) is 124 cm³/mol. The largest absolute Gasteiger partial charge is 0.444 e. The number of likely N-dealkylation sites (tertiary alicyclic amines) is 1. The minimum Gasteiger partial charge on any atom is -0.444 e. The number of amides is 2. The summed E-state index contributed by atoms with van der Waals surface area (Å²) in [5.74, 6) is 2.34. The molecule has 3 heterocycles. The molecule has 1 saturated heterocycles. The number of thiazole rings is 1. The molecule has 0 aromatic carbocycles. The molecule has 2 amide bonds.